The molecule has 2 atom stereocenters. The summed E-state index contributed by atoms with van der Waals surface area (Å²) in [7, 11) is 0. The molecular formula is C23H21FN2O. The maximum absolute atomic E-state index is 13.3. The predicted octanol–water partition coefficient (Wildman–Crippen LogP) is 5.06. The maximum atomic E-state index is 13.3. The standard InChI is InChI=1S/C23H21FN2O/c1-15-6-8-16(9-7-15)20-14-21(19-4-2-3-5-22(19)27)26-23(25-20)17-10-12-18(24)13-11-17/h2-13,21,23,26-27H,14H2,1H3/t21-,23-/m0/s1. The third-order valence-electron chi connectivity index (χ3n) is 4.92. The van der Waals surface area contributed by atoms with Crippen molar-refractivity contribution in [1.82, 2.24) is 5.32 Å². The molecule has 27 heavy (non-hydrogen) atoms. The molecule has 0 bridgehead atoms. The lowest BCUT2D eigenvalue weighted by Crippen LogP contribution is -2.33. The number of nitrogens with zero attached hydrogens (tertiary/aromatic N) is 1. The van der Waals surface area contributed by atoms with Crippen molar-refractivity contribution in [2.75, 3.05) is 0 Å². The molecule has 0 aliphatic carbocycles. The maximum Gasteiger partial charge on any atom is 0.126 e. The average molecular weight is 360 g/mol. The summed E-state index contributed by atoms with van der Waals surface area (Å²) < 4.78 is 13.3. The number of nitrogens with one attached hydrogen (secondary N) is 1. The highest BCUT2D eigenvalue weighted by Crippen LogP contribution is 2.34. The van der Waals surface area contributed by atoms with Gasteiger partial charge < -0.3 is 5.11 Å². The van der Waals surface area contributed by atoms with E-state index in [1.165, 1.54) is 17.7 Å². The number of hydrogen-bond donors (Lipinski definition) is 2. The van der Waals surface area contributed by atoms with E-state index < -0.39 is 0 Å². The van der Waals surface area contributed by atoms with E-state index in [9.17, 15) is 9.50 Å². The van der Waals surface area contributed by atoms with Gasteiger partial charge in [-0.3, -0.25) is 10.3 Å². The number of phenols is 1. The van der Waals surface area contributed by atoms with Gasteiger partial charge in [0.05, 0.1) is 0 Å². The second-order valence-electron chi connectivity index (χ2n) is 6.88. The van der Waals surface area contributed by atoms with Crippen LogP contribution >= 0.6 is 0 Å². The van der Waals surface area contributed by atoms with Crippen molar-refractivity contribution in [2.24, 2.45) is 4.99 Å². The Morgan fingerprint density at radius 2 is 1.67 bits per heavy atom. The summed E-state index contributed by atoms with van der Waals surface area (Å²) in [6.07, 6.45) is 0.360. The Bertz CT molecular complexity index is 964. The van der Waals surface area contributed by atoms with E-state index in [1.54, 1.807) is 18.2 Å². The van der Waals surface area contributed by atoms with E-state index in [4.69, 9.17) is 4.99 Å². The van der Waals surface area contributed by atoms with Crippen LogP contribution in [-0.2, 0) is 0 Å². The summed E-state index contributed by atoms with van der Waals surface area (Å²) in [5, 5.41) is 13.8. The number of aliphatic imine (C=N–C) groups is 1. The number of halogens is 1. The fourth-order valence-electron chi connectivity index (χ4n) is 3.42. The zero-order valence-electron chi connectivity index (χ0n) is 15.1. The molecule has 3 aromatic carbocycles. The first-order valence-electron chi connectivity index (χ1n) is 9.03. The van der Waals surface area contributed by atoms with Gasteiger partial charge >= 0.3 is 0 Å². The first kappa shape index (κ1) is 17.4. The predicted molar refractivity (Wildman–Crippen MR) is 105 cm³/mol. The van der Waals surface area contributed by atoms with Gasteiger partial charge in [-0.25, -0.2) is 4.39 Å². The number of aryl methyl sites for hydroxylation is 1. The van der Waals surface area contributed by atoms with E-state index in [0.717, 1.165) is 22.4 Å². The topological polar surface area (TPSA) is 44.6 Å². The van der Waals surface area contributed by atoms with Gasteiger partial charge in [-0.05, 0) is 36.2 Å². The minimum absolute atomic E-state index is 0.0879. The highest BCUT2D eigenvalue weighted by molar-refractivity contribution is 6.01. The minimum Gasteiger partial charge on any atom is -0.508 e. The van der Waals surface area contributed by atoms with Crippen LogP contribution in [0.25, 0.3) is 0 Å². The summed E-state index contributed by atoms with van der Waals surface area (Å²) >= 11 is 0. The molecule has 0 fully saturated rings. The van der Waals surface area contributed by atoms with Gasteiger partial charge in [0, 0.05) is 23.7 Å². The van der Waals surface area contributed by atoms with Gasteiger partial charge in [0.15, 0.2) is 0 Å². The quantitative estimate of drug-likeness (QED) is 0.685. The summed E-state index contributed by atoms with van der Waals surface area (Å²) in [6.45, 7) is 2.06. The van der Waals surface area contributed by atoms with Crippen LogP contribution in [-0.4, -0.2) is 10.8 Å². The molecule has 0 saturated carbocycles. The summed E-state index contributed by atoms with van der Waals surface area (Å²) in [4.78, 5) is 4.89. The first-order valence-corrected chi connectivity index (χ1v) is 9.03. The van der Waals surface area contributed by atoms with Gasteiger partial charge in [-0.15, -0.1) is 0 Å². The fourth-order valence-corrected chi connectivity index (χ4v) is 3.42. The molecule has 0 spiro atoms. The Hall–Kier alpha value is -2.98. The van der Waals surface area contributed by atoms with Crippen LogP contribution in [0.2, 0.25) is 0 Å². The molecule has 136 valence electrons. The Kier molecular flexibility index (Phi) is 4.73. The van der Waals surface area contributed by atoms with Crippen molar-refractivity contribution in [1.29, 1.82) is 0 Å². The van der Waals surface area contributed by atoms with Gasteiger partial charge in [0.25, 0.3) is 0 Å². The molecule has 0 saturated heterocycles. The zero-order valence-corrected chi connectivity index (χ0v) is 15.1. The van der Waals surface area contributed by atoms with Crippen LogP contribution < -0.4 is 5.32 Å². The van der Waals surface area contributed by atoms with E-state index in [0.29, 0.717) is 6.42 Å². The van der Waals surface area contributed by atoms with Crippen LogP contribution in [0.4, 0.5) is 4.39 Å². The summed E-state index contributed by atoms with van der Waals surface area (Å²) in [5.74, 6) is -0.00689. The van der Waals surface area contributed by atoms with Crippen LogP contribution in [0.1, 0.15) is 40.9 Å². The van der Waals surface area contributed by atoms with Crippen molar-refractivity contribution >= 4 is 5.71 Å². The number of phenolic OH excluding ortho intramolecular Hbond substituents is 1. The summed E-state index contributed by atoms with van der Waals surface area (Å²) in [5.41, 5.74) is 4.96. The second kappa shape index (κ2) is 7.33. The number of benzene rings is 3. The molecule has 1 aliphatic rings. The highest BCUT2D eigenvalue weighted by Gasteiger charge is 2.27. The van der Waals surface area contributed by atoms with Crippen molar-refractivity contribution in [3.63, 3.8) is 0 Å². The van der Waals surface area contributed by atoms with Gasteiger partial charge in [0.1, 0.15) is 17.7 Å². The molecule has 0 radical (unpaired) electrons. The van der Waals surface area contributed by atoms with Crippen molar-refractivity contribution in [3.8, 4) is 5.75 Å². The van der Waals surface area contributed by atoms with Crippen LogP contribution in [0.5, 0.6) is 5.75 Å². The van der Waals surface area contributed by atoms with E-state index in [1.807, 2.05) is 18.2 Å². The van der Waals surface area contributed by atoms with Crippen LogP contribution in [0, 0.1) is 12.7 Å². The average Bonchev–Trinajstić information content (AvgIpc) is 2.69. The van der Waals surface area contributed by atoms with Crippen molar-refractivity contribution in [2.45, 2.75) is 25.6 Å². The van der Waals surface area contributed by atoms with Gasteiger partial charge in [-0.2, -0.15) is 0 Å². The molecule has 1 aliphatic heterocycles. The fraction of sp³-hybridized carbons (Fsp3) is 0.174. The van der Waals surface area contributed by atoms with Gasteiger partial charge in [0.2, 0.25) is 0 Å². The lowest BCUT2D eigenvalue weighted by Gasteiger charge is -2.31. The first-order chi connectivity index (χ1) is 13.1. The third kappa shape index (κ3) is 3.76. The third-order valence-corrected chi connectivity index (χ3v) is 4.92. The highest BCUT2D eigenvalue weighted by atomic mass is 19.1. The Morgan fingerprint density at radius 3 is 2.37 bits per heavy atom. The van der Waals surface area contributed by atoms with Crippen molar-refractivity contribution in [3.05, 3.63) is 101 Å². The molecule has 3 aromatic rings. The number of hydrogen-bond acceptors (Lipinski definition) is 3. The molecular weight excluding hydrogens is 339 g/mol. The molecule has 0 amide bonds. The van der Waals surface area contributed by atoms with E-state index in [-0.39, 0.29) is 23.8 Å². The van der Waals surface area contributed by atoms with Crippen molar-refractivity contribution < 1.29 is 9.50 Å². The normalized spacial score (nSPS) is 19.6. The number of rotatable bonds is 3. The largest absolute Gasteiger partial charge is 0.508 e. The Morgan fingerprint density at radius 1 is 0.963 bits per heavy atom. The number of aromatic hydroxyl groups is 1. The summed E-state index contributed by atoms with van der Waals surface area (Å²) in [6, 6.07) is 21.9. The van der Waals surface area contributed by atoms with Crippen LogP contribution in [0.3, 0.4) is 0 Å². The molecule has 3 nitrogen and oxygen atoms in total. The van der Waals surface area contributed by atoms with E-state index in [2.05, 4.69) is 36.5 Å². The smallest absolute Gasteiger partial charge is 0.126 e. The van der Waals surface area contributed by atoms with Crippen LogP contribution in [0.15, 0.2) is 77.8 Å². The van der Waals surface area contributed by atoms with Gasteiger partial charge in [-0.1, -0.05) is 60.2 Å². The zero-order chi connectivity index (χ0) is 18.8. The lowest BCUT2D eigenvalue weighted by molar-refractivity contribution is 0.412. The molecule has 4 rings (SSSR count). The molecule has 0 aromatic heterocycles. The monoisotopic (exact) mass is 360 g/mol. The molecule has 1 heterocycles. The minimum atomic E-state index is -0.305. The Labute approximate surface area is 158 Å². The Balaban J connectivity index is 1.75. The molecule has 2 N–H and O–H groups in total. The lowest BCUT2D eigenvalue weighted by atomic mass is 9.93. The van der Waals surface area contributed by atoms with E-state index >= 15 is 0 Å². The molecule has 0 unspecified atom stereocenters. The number of para-hydroxylation sites is 1. The molecule has 4 heteroatoms. The second-order valence-corrected chi connectivity index (χ2v) is 6.88. The SMILES string of the molecule is Cc1ccc(C2=N[C@H](c3ccc(F)cc3)N[C@H](c3ccccc3O)C2)cc1.